The van der Waals surface area contributed by atoms with Crippen molar-refractivity contribution in [1.29, 1.82) is 0 Å². The van der Waals surface area contributed by atoms with E-state index in [1.54, 1.807) is 0 Å². The standard InChI is InChI=1S/C21H27BrN2O/c1-2-3-4-5-7-18-8-10-19(11-9-18)23-24-20-12-14-21(15-13-20)25-17-6-16-22/h8-15H,2-7,16-17H2,1H3. The van der Waals surface area contributed by atoms with Gasteiger partial charge in [0.25, 0.3) is 0 Å². The van der Waals surface area contributed by atoms with Gasteiger partial charge >= 0.3 is 0 Å². The van der Waals surface area contributed by atoms with Gasteiger partial charge in [0.15, 0.2) is 0 Å². The number of hydrogen-bond acceptors (Lipinski definition) is 3. The second-order valence-electron chi connectivity index (χ2n) is 6.06. The molecule has 0 aliphatic carbocycles. The van der Waals surface area contributed by atoms with Gasteiger partial charge in [-0.2, -0.15) is 10.2 Å². The number of halogens is 1. The lowest BCUT2D eigenvalue weighted by atomic mass is 10.1. The Morgan fingerprint density at radius 3 is 2.04 bits per heavy atom. The molecule has 25 heavy (non-hydrogen) atoms. The van der Waals surface area contributed by atoms with Crippen LogP contribution in [0, 0.1) is 0 Å². The number of azo groups is 1. The Morgan fingerprint density at radius 1 is 0.800 bits per heavy atom. The van der Waals surface area contributed by atoms with E-state index in [2.05, 4.69) is 45.2 Å². The Hall–Kier alpha value is -1.68. The van der Waals surface area contributed by atoms with Gasteiger partial charge in [0.1, 0.15) is 5.75 Å². The summed E-state index contributed by atoms with van der Waals surface area (Å²) in [4.78, 5) is 0. The van der Waals surface area contributed by atoms with E-state index >= 15 is 0 Å². The molecule has 0 spiro atoms. The van der Waals surface area contributed by atoms with Gasteiger partial charge in [-0.25, -0.2) is 0 Å². The van der Waals surface area contributed by atoms with Crippen LogP contribution in [0.15, 0.2) is 58.8 Å². The molecular formula is C21H27BrN2O. The molecule has 0 radical (unpaired) electrons. The van der Waals surface area contributed by atoms with Crippen molar-refractivity contribution in [2.45, 2.75) is 45.4 Å². The van der Waals surface area contributed by atoms with Gasteiger partial charge in [-0.3, -0.25) is 0 Å². The summed E-state index contributed by atoms with van der Waals surface area (Å²) in [6, 6.07) is 16.1. The molecule has 0 bridgehead atoms. The number of unbranched alkanes of at least 4 members (excludes halogenated alkanes) is 3. The minimum atomic E-state index is 0.719. The molecule has 0 atom stereocenters. The topological polar surface area (TPSA) is 34.0 Å². The number of hydrogen-bond donors (Lipinski definition) is 0. The van der Waals surface area contributed by atoms with Crippen LogP contribution in [0.4, 0.5) is 11.4 Å². The smallest absolute Gasteiger partial charge is 0.119 e. The van der Waals surface area contributed by atoms with E-state index in [9.17, 15) is 0 Å². The van der Waals surface area contributed by atoms with Gasteiger partial charge in [0.2, 0.25) is 0 Å². The Bertz CT molecular complexity index is 623. The van der Waals surface area contributed by atoms with Crippen molar-refractivity contribution in [2.75, 3.05) is 11.9 Å². The lowest BCUT2D eigenvalue weighted by Gasteiger charge is -2.04. The molecule has 134 valence electrons. The monoisotopic (exact) mass is 402 g/mol. The van der Waals surface area contributed by atoms with E-state index in [4.69, 9.17) is 4.74 Å². The average molecular weight is 403 g/mol. The molecule has 0 aromatic heterocycles. The van der Waals surface area contributed by atoms with Crippen LogP contribution in [0.5, 0.6) is 5.75 Å². The number of rotatable bonds is 11. The normalized spacial score (nSPS) is 11.1. The molecule has 4 heteroatoms. The third-order valence-corrected chi connectivity index (χ3v) is 4.48. The van der Waals surface area contributed by atoms with Crippen molar-refractivity contribution in [3.8, 4) is 5.75 Å². The summed E-state index contributed by atoms with van der Waals surface area (Å²) >= 11 is 3.39. The van der Waals surface area contributed by atoms with Gasteiger partial charge in [0, 0.05) is 5.33 Å². The fraction of sp³-hybridized carbons (Fsp3) is 0.429. The maximum atomic E-state index is 5.62. The fourth-order valence-corrected chi connectivity index (χ4v) is 2.68. The van der Waals surface area contributed by atoms with Gasteiger partial charge in [0.05, 0.1) is 18.0 Å². The highest BCUT2D eigenvalue weighted by molar-refractivity contribution is 9.09. The van der Waals surface area contributed by atoms with Gasteiger partial charge in [-0.05, 0) is 61.2 Å². The molecule has 0 fully saturated rings. The van der Waals surface area contributed by atoms with Crippen LogP contribution in [0.1, 0.15) is 44.6 Å². The van der Waals surface area contributed by atoms with Crippen LogP contribution in [-0.2, 0) is 6.42 Å². The molecule has 0 unspecified atom stereocenters. The molecule has 0 saturated carbocycles. The van der Waals surface area contributed by atoms with Crippen molar-refractivity contribution in [3.63, 3.8) is 0 Å². The Balaban J connectivity index is 1.82. The summed E-state index contributed by atoms with van der Waals surface area (Å²) < 4.78 is 5.62. The number of ether oxygens (including phenoxy) is 1. The molecule has 2 rings (SSSR count). The fourth-order valence-electron chi connectivity index (χ4n) is 2.45. The quantitative estimate of drug-likeness (QED) is 0.219. The zero-order valence-corrected chi connectivity index (χ0v) is 16.5. The third-order valence-electron chi connectivity index (χ3n) is 3.92. The number of benzene rings is 2. The second kappa shape index (κ2) is 11.8. The SMILES string of the molecule is CCCCCCc1ccc(N=Nc2ccc(OCCCBr)cc2)cc1. The molecular weight excluding hydrogens is 376 g/mol. The molecule has 2 aromatic rings. The number of nitrogens with zero attached hydrogens (tertiary/aromatic N) is 2. The Labute approximate surface area is 159 Å². The van der Waals surface area contributed by atoms with Crippen LogP contribution in [0.25, 0.3) is 0 Å². The second-order valence-corrected chi connectivity index (χ2v) is 6.86. The molecule has 0 saturated heterocycles. The summed E-state index contributed by atoms with van der Waals surface area (Å²) in [5.41, 5.74) is 3.09. The van der Waals surface area contributed by atoms with Crippen molar-refractivity contribution in [1.82, 2.24) is 0 Å². The minimum Gasteiger partial charge on any atom is -0.494 e. The highest BCUT2D eigenvalue weighted by Crippen LogP contribution is 2.22. The predicted octanol–water partition coefficient (Wildman–Crippen LogP) is 7.39. The maximum Gasteiger partial charge on any atom is 0.119 e. The zero-order valence-electron chi connectivity index (χ0n) is 15.0. The largest absolute Gasteiger partial charge is 0.494 e. The van der Waals surface area contributed by atoms with E-state index < -0.39 is 0 Å². The Morgan fingerprint density at radius 2 is 1.44 bits per heavy atom. The van der Waals surface area contributed by atoms with Crippen LogP contribution < -0.4 is 4.74 Å². The van der Waals surface area contributed by atoms with Crippen molar-refractivity contribution >= 4 is 27.3 Å². The summed E-state index contributed by atoms with van der Waals surface area (Å²) in [5, 5.41) is 9.56. The van der Waals surface area contributed by atoms with E-state index in [1.165, 1.54) is 31.2 Å². The van der Waals surface area contributed by atoms with Gasteiger partial charge < -0.3 is 4.74 Å². The summed E-state index contributed by atoms with van der Waals surface area (Å²) in [6.45, 7) is 2.96. The van der Waals surface area contributed by atoms with Crippen LogP contribution in [-0.4, -0.2) is 11.9 Å². The summed E-state index contributed by atoms with van der Waals surface area (Å²) in [6.07, 6.45) is 7.33. The first-order chi connectivity index (χ1) is 12.3. The first kappa shape index (κ1) is 19.6. The number of alkyl halides is 1. The molecule has 0 aliphatic heterocycles. The lowest BCUT2D eigenvalue weighted by Crippen LogP contribution is -1.96. The average Bonchev–Trinajstić information content (AvgIpc) is 2.66. The molecule has 0 aliphatic rings. The predicted molar refractivity (Wildman–Crippen MR) is 109 cm³/mol. The molecule has 0 heterocycles. The lowest BCUT2D eigenvalue weighted by molar-refractivity contribution is 0.319. The van der Waals surface area contributed by atoms with Crippen LogP contribution in [0.2, 0.25) is 0 Å². The molecule has 3 nitrogen and oxygen atoms in total. The van der Waals surface area contributed by atoms with E-state index in [0.29, 0.717) is 0 Å². The first-order valence-corrected chi connectivity index (χ1v) is 10.2. The Kier molecular flexibility index (Phi) is 9.27. The van der Waals surface area contributed by atoms with E-state index in [0.717, 1.165) is 41.9 Å². The molecule has 2 aromatic carbocycles. The maximum absolute atomic E-state index is 5.62. The van der Waals surface area contributed by atoms with Crippen molar-refractivity contribution < 1.29 is 4.74 Å². The van der Waals surface area contributed by atoms with Crippen LogP contribution in [0.3, 0.4) is 0 Å². The minimum absolute atomic E-state index is 0.719. The van der Waals surface area contributed by atoms with E-state index in [1.807, 2.05) is 36.4 Å². The zero-order chi connectivity index (χ0) is 17.7. The highest BCUT2D eigenvalue weighted by Gasteiger charge is 1.97. The highest BCUT2D eigenvalue weighted by atomic mass is 79.9. The van der Waals surface area contributed by atoms with E-state index in [-0.39, 0.29) is 0 Å². The van der Waals surface area contributed by atoms with Crippen molar-refractivity contribution in [2.24, 2.45) is 10.2 Å². The van der Waals surface area contributed by atoms with Crippen molar-refractivity contribution in [3.05, 3.63) is 54.1 Å². The first-order valence-electron chi connectivity index (χ1n) is 9.11. The number of aryl methyl sites for hydroxylation is 1. The van der Waals surface area contributed by atoms with Gasteiger partial charge in [-0.1, -0.05) is 54.2 Å². The van der Waals surface area contributed by atoms with Gasteiger partial charge in [-0.15, -0.1) is 0 Å². The molecule has 0 N–H and O–H groups in total. The molecule has 0 amide bonds. The summed E-state index contributed by atoms with van der Waals surface area (Å²) in [5.74, 6) is 0.868. The van der Waals surface area contributed by atoms with Crippen LogP contribution >= 0.6 is 15.9 Å². The third kappa shape index (κ3) is 7.82. The summed E-state index contributed by atoms with van der Waals surface area (Å²) in [7, 11) is 0.